The average molecular weight is 280 g/mol. The zero-order valence-corrected chi connectivity index (χ0v) is 11.5. The van der Waals surface area contributed by atoms with Gasteiger partial charge in [0.15, 0.2) is 5.13 Å². The lowest BCUT2D eigenvalue weighted by Gasteiger charge is -2.20. The van der Waals surface area contributed by atoms with E-state index in [-0.39, 0.29) is 11.8 Å². The van der Waals surface area contributed by atoms with Crippen LogP contribution in [0.5, 0.6) is 0 Å². The van der Waals surface area contributed by atoms with E-state index in [9.17, 15) is 9.59 Å². The van der Waals surface area contributed by atoms with Crippen LogP contribution < -0.4 is 10.6 Å². The van der Waals surface area contributed by atoms with Crippen LogP contribution in [0, 0.1) is 0 Å². The molecule has 0 aliphatic carbocycles. The molecule has 7 heteroatoms. The second kappa shape index (κ2) is 4.90. The normalized spacial score (nSPS) is 23.0. The van der Waals surface area contributed by atoms with E-state index < -0.39 is 6.04 Å². The Morgan fingerprint density at radius 1 is 1.53 bits per heavy atom. The van der Waals surface area contributed by atoms with Crippen molar-refractivity contribution in [3.63, 3.8) is 0 Å². The predicted molar refractivity (Wildman–Crippen MR) is 71.9 cm³/mol. The second-order valence-corrected chi connectivity index (χ2v) is 6.11. The molecule has 1 atom stereocenters. The van der Waals surface area contributed by atoms with Gasteiger partial charge in [-0.1, -0.05) is 0 Å². The molecule has 2 aliphatic rings. The van der Waals surface area contributed by atoms with Gasteiger partial charge in [-0.15, -0.1) is 11.3 Å². The van der Waals surface area contributed by atoms with Crippen LogP contribution in [0.25, 0.3) is 0 Å². The van der Waals surface area contributed by atoms with Crippen molar-refractivity contribution < 1.29 is 9.59 Å². The molecule has 0 radical (unpaired) electrons. The van der Waals surface area contributed by atoms with Crippen molar-refractivity contribution in [2.75, 3.05) is 18.9 Å². The Labute approximate surface area is 115 Å². The van der Waals surface area contributed by atoms with Crippen molar-refractivity contribution in [2.24, 2.45) is 0 Å². The van der Waals surface area contributed by atoms with E-state index >= 15 is 0 Å². The van der Waals surface area contributed by atoms with Gasteiger partial charge < -0.3 is 15.5 Å². The lowest BCUT2D eigenvalue weighted by molar-refractivity contribution is -0.122. The molecule has 0 bridgehead atoms. The van der Waals surface area contributed by atoms with Crippen molar-refractivity contribution in [2.45, 2.75) is 31.8 Å². The summed E-state index contributed by atoms with van der Waals surface area (Å²) in [6.45, 7) is 1.89. The summed E-state index contributed by atoms with van der Waals surface area (Å²) in [5, 5.41) is 6.12. The summed E-state index contributed by atoms with van der Waals surface area (Å²) >= 11 is 1.53. The van der Waals surface area contributed by atoms with Gasteiger partial charge in [0.05, 0.1) is 5.69 Å². The molecule has 3 heterocycles. The van der Waals surface area contributed by atoms with Crippen LogP contribution in [0.3, 0.4) is 0 Å². The summed E-state index contributed by atoms with van der Waals surface area (Å²) in [4.78, 5) is 31.0. The molecule has 19 heavy (non-hydrogen) atoms. The minimum absolute atomic E-state index is 0.0554. The molecule has 1 saturated heterocycles. The minimum atomic E-state index is -0.406. The fraction of sp³-hybridized carbons (Fsp3) is 0.583. The van der Waals surface area contributed by atoms with Gasteiger partial charge in [0.25, 0.3) is 0 Å². The third-order valence-electron chi connectivity index (χ3n) is 3.46. The van der Waals surface area contributed by atoms with Gasteiger partial charge in [-0.05, 0) is 13.5 Å². The number of fused-ring (bicyclic) bond motifs is 1. The number of hydrogen-bond donors (Lipinski definition) is 2. The molecule has 2 amide bonds. The van der Waals surface area contributed by atoms with E-state index in [1.807, 2.05) is 0 Å². The highest BCUT2D eigenvalue weighted by molar-refractivity contribution is 7.15. The number of carbonyl (C=O) groups excluding carboxylic acids is 2. The highest BCUT2D eigenvalue weighted by atomic mass is 32.1. The molecule has 6 nitrogen and oxygen atoms in total. The first-order valence-corrected chi connectivity index (χ1v) is 7.21. The van der Waals surface area contributed by atoms with E-state index in [4.69, 9.17) is 0 Å². The van der Waals surface area contributed by atoms with Crippen LogP contribution in [-0.2, 0) is 22.6 Å². The van der Waals surface area contributed by atoms with Gasteiger partial charge in [0.2, 0.25) is 11.8 Å². The Balaban J connectivity index is 1.67. The predicted octanol–water partition coefficient (Wildman–Crippen LogP) is 0.348. The zero-order valence-electron chi connectivity index (χ0n) is 10.7. The molecule has 1 unspecified atom stereocenters. The Bertz CT molecular complexity index is 528. The topological polar surface area (TPSA) is 74.3 Å². The smallest absolute Gasteiger partial charge is 0.248 e. The first-order valence-electron chi connectivity index (χ1n) is 6.39. The summed E-state index contributed by atoms with van der Waals surface area (Å²) in [6, 6.07) is -0.406. The maximum absolute atomic E-state index is 12.0. The number of nitrogens with one attached hydrogen (secondary N) is 2. The number of aromatic nitrogens is 1. The van der Waals surface area contributed by atoms with E-state index in [1.54, 1.807) is 0 Å². The van der Waals surface area contributed by atoms with Crippen molar-refractivity contribution in [1.82, 2.24) is 15.2 Å². The second-order valence-electron chi connectivity index (χ2n) is 5.02. The Morgan fingerprint density at radius 3 is 3.11 bits per heavy atom. The molecular formula is C12H16N4O2S. The summed E-state index contributed by atoms with van der Waals surface area (Å²) in [6.07, 6.45) is 1.92. The molecule has 0 spiro atoms. The van der Waals surface area contributed by atoms with Gasteiger partial charge >= 0.3 is 0 Å². The largest absolute Gasteiger partial charge is 0.344 e. The van der Waals surface area contributed by atoms with Gasteiger partial charge in [-0.3, -0.25) is 9.59 Å². The monoisotopic (exact) mass is 280 g/mol. The highest BCUT2D eigenvalue weighted by Gasteiger charge is 2.28. The molecule has 2 N–H and O–H groups in total. The molecule has 0 saturated carbocycles. The molecule has 2 aliphatic heterocycles. The Morgan fingerprint density at radius 2 is 2.37 bits per heavy atom. The van der Waals surface area contributed by atoms with Crippen molar-refractivity contribution >= 4 is 28.3 Å². The SMILES string of the molecule is CN1CCc2nc(NC(=O)C3CCC(=O)N3)sc2C1. The Hall–Kier alpha value is -1.47. The van der Waals surface area contributed by atoms with E-state index in [0.29, 0.717) is 18.0 Å². The summed E-state index contributed by atoms with van der Waals surface area (Å²) in [5.41, 5.74) is 1.09. The molecule has 102 valence electrons. The van der Waals surface area contributed by atoms with Gasteiger partial charge in [0.1, 0.15) is 6.04 Å². The maximum atomic E-state index is 12.0. The molecule has 1 aromatic heterocycles. The van der Waals surface area contributed by atoms with Crippen LogP contribution in [0.2, 0.25) is 0 Å². The number of carbonyl (C=O) groups is 2. The van der Waals surface area contributed by atoms with Crippen LogP contribution in [0.4, 0.5) is 5.13 Å². The number of hydrogen-bond acceptors (Lipinski definition) is 5. The molecule has 1 fully saturated rings. The zero-order chi connectivity index (χ0) is 13.4. The summed E-state index contributed by atoms with van der Waals surface area (Å²) in [5.74, 6) is -0.217. The van der Waals surface area contributed by atoms with Crippen molar-refractivity contribution in [1.29, 1.82) is 0 Å². The highest BCUT2D eigenvalue weighted by Crippen LogP contribution is 2.27. The number of anilines is 1. The standard InChI is InChI=1S/C12H16N4O2S/c1-16-5-4-7-9(6-16)19-12(14-7)15-11(18)8-2-3-10(17)13-8/h8H,2-6H2,1H3,(H,13,17)(H,14,15,18). The average Bonchev–Trinajstić information content (AvgIpc) is 2.94. The molecular weight excluding hydrogens is 264 g/mol. The molecule has 1 aromatic rings. The summed E-state index contributed by atoms with van der Waals surface area (Å²) < 4.78 is 0. The number of amides is 2. The first kappa shape index (κ1) is 12.6. The van der Waals surface area contributed by atoms with E-state index in [0.717, 1.165) is 25.2 Å². The van der Waals surface area contributed by atoms with Crippen LogP contribution in [0.1, 0.15) is 23.4 Å². The third-order valence-corrected chi connectivity index (χ3v) is 4.46. The van der Waals surface area contributed by atoms with Crippen LogP contribution in [-0.4, -0.2) is 41.3 Å². The van der Waals surface area contributed by atoms with Gasteiger partial charge in [-0.25, -0.2) is 4.98 Å². The molecule has 0 aromatic carbocycles. The minimum Gasteiger partial charge on any atom is -0.344 e. The maximum Gasteiger partial charge on any atom is 0.248 e. The Kier molecular flexibility index (Phi) is 3.24. The third kappa shape index (κ3) is 2.62. The van der Waals surface area contributed by atoms with Crippen LogP contribution in [0.15, 0.2) is 0 Å². The fourth-order valence-electron chi connectivity index (χ4n) is 2.38. The quantitative estimate of drug-likeness (QED) is 0.819. The number of nitrogens with zero attached hydrogens (tertiary/aromatic N) is 2. The number of thiazole rings is 1. The van der Waals surface area contributed by atoms with Gasteiger partial charge in [0, 0.05) is 30.8 Å². The fourth-order valence-corrected chi connectivity index (χ4v) is 3.47. The lowest BCUT2D eigenvalue weighted by Crippen LogP contribution is -2.37. The van der Waals surface area contributed by atoms with E-state index in [2.05, 4.69) is 27.6 Å². The lowest BCUT2D eigenvalue weighted by atomic mass is 10.2. The van der Waals surface area contributed by atoms with Crippen molar-refractivity contribution in [3.05, 3.63) is 10.6 Å². The summed E-state index contributed by atoms with van der Waals surface area (Å²) in [7, 11) is 2.08. The van der Waals surface area contributed by atoms with Gasteiger partial charge in [-0.2, -0.15) is 0 Å². The van der Waals surface area contributed by atoms with Crippen molar-refractivity contribution in [3.8, 4) is 0 Å². The van der Waals surface area contributed by atoms with E-state index in [1.165, 1.54) is 16.2 Å². The molecule has 3 rings (SSSR count). The van der Waals surface area contributed by atoms with Crippen LogP contribution >= 0.6 is 11.3 Å². The number of rotatable bonds is 2. The number of likely N-dealkylation sites (N-methyl/N-ethyl adjacent to an activating group) is 1. The first-order chi connectivity index (χ1) is 9.11.